The number of primary amides is 1. The van der Waals surface area contributed by atoms with Gasteiger partial charge in [0.05, 0.1) is 13.2 Å². The van der Waals surface area contributed by atoms with Crippen molar-refractivity contribution in [2.75, 3.05) is 32.8 Å². The fourth-order valence-corrected chi connectivity index (χ4v) is 4.92. The lowest BCUT2D eigenvalue weighted by Gasteiger charge is -2.40. The van der Waals surface area contributed by atoms with Gasteiger partial charge in [0.25, 0.3) is 5.91 Å². The zero-order valence-electron chi connectivity index (χ0n) is 18.0. The third-order valence-corrected chi connectivity index (χ3v) is 6.68. The Morgan fingerprint density at radius 3 is 2.38 bits per heavy atom. The van der Waals surface area contributed by atoms with Crippen molar-refractivity contribution in [3.05, 3.63) is 70.3 Å². The number of ether oxygens (including phenoxy) is 1. The van der Waals surface area contributed by atoms with E-state index in [2.05, 4.69) is 23.1 Å². The quantitative estimate of drug-likeness (QED) is 0.769. The van der Waals surface area contributed by atoms with Gasteiger partial charge < -0.3 is 20.3 Å². The molecule has 170 valence electrons. The molecule has 0 aromatic heterocycles. The van der Waals surface area contributed by atoms with Gasteiger partial charge in [-0.1, -0.05) is 30.3 Å². The number of hydrogen-bond donors (Lipinski definition) is 1. The maximum absolute atomic E-state index is 13.7. The summed E-state index contributed by atoms with van der Waals surface area (Å²) < 4.78 is 5.50. The number of benzene rings is 2. The summed E-state index contributed by atoms with van der Waals surface area (Å²) in [5.41, 5.74) is 10.7. The standard InChI is InChI=1S/C24H28N4O3.ClH/c25-24(30)27-13-20-6-5-18(11-21(20)14-27)23(29)28-15-19-4-2-1-3-17(19)12-22(28)16-26-7-9-31-10-8-26;/h1-6,11,22H,7-10,12-16H2,(H2,25,30);1H/t22-;/m0./s1. The molecule has 0 spiro atoms. The Labute approximate surface area is 194 Å². The maximum atomic E-state index is 13.7. The van der Waals surface area contributed by atoms with Gasteiger partial charge in [0.1, 0.15) is 0 Å². The van der Waals surface area contributed by atoms with Gasteiger partial charge in [0.2, 0.25) is 0 Å². The molecule has 0 saturated carbocycles. The van der Waals surface area contributed by atoms with Gasteiger partial charge >= 0.3 is 6.03 Å². The van der Waals surface area contributed by atoms with Crippen LogP contribution in [0.3, 0.4) is 0 Å². The monoisotopic (exact) mass is 456 g/mol. The Bertz CT molecular complexity index is 1010. The molecule has 8 heteroatoms. The van der Waals surface area contributed by atoms with E-state index in [9.17, 15) is 9.59 Å². The van der Waals surface area contributed by atoms with E-state index in [0.29, 0.717) is 25.2 Å². The first kappa shape index (κ1) is 22.6. The number of nitrogens with zero attached hydrogens (tertiary/aromatic N) is 3. The Morgan fingerprint density at radius 2 is 1.62 bits per heavy atom. The van der Waals surface area contributed by atoms with E-state index in [0.717, 1.165) is 50.4 Å². The Kier molecular flexibility index (Phi) is 6.69. The smallest absolute Gasteiger partial charge is 0.315 e. The summed E-state index contributed by atoms with van der Waals surface area (Å²) in [6, 6.07) is 13.9. The molecular formula is C24H29ClN4O3. The van der Waals surface area contributed by atoms with E-state index >= 15 is 0 Å². The second kappa shape index (κ2) is 9.48. The normalized spacial score (nSPS) is 20.3. The number of hydrogen-bond acceptors (Lipinski definition) is 4. The summed E-state index contributed by atoms with van der Waals surface area (Å²) in [5, 5.41) is 0. The van der Waals surface area contributed by atoms with Crippen LogP contribution in [0.4, 0.5) is 4.79 Å². The van der Waals surface area contributed by atoms with Crippen LogP contribution in [0.15, 0.2) is 42.5 Å². The number of nitrogens with two attached hydrogens (primary N) is 1. The number of rotatable bonds is 3. The van der Waals surface area contributed by atoms with Crippen LogP contribution < -0.4 is 5.73 Å². The molecule has 1 atom stereocenters. The summed E-state index contributed by atoms with van der Waals surface area (Å²) in [7, 11) is 0. The summed E-state index contributed by atoms with van der Waals surface area (Å²) in [5.74, 6) is 0.0492. The average Bonchev–Trinajstić information content (AvgIpc) is 3.23. The highest BCUT2D eigenvalue weighted by molar-refractivity contribution is 5.95. The van der Waals surface area contributed by atoms with Crippen molar-refractivity contribution in [2.45, 2.75) is 32.1 Å². The zero-order chi connectivity index (χ0) is 21.4. The van der Waals surface area contributed by atoms with Crippen LogP contribution in [0.1, 0.15) is 32.6 Å². The van der Waals surface area contributed by atoms with Crippen molar-refractivity contribution in [1.82, 2.24) is 14.7 Å². The van der Waals surface area contributed by atoms with E-state index in [4.69, 9.17) is 10.5 Å². The highest BCUT2D eigenvalue weighted by atomic mass is 35.5. The first-order valence-electron chi connectivity index (χ1n) is 10.9. The molecule has 2 N–H and O–H groups in total. The minimum atomic E-state index is -0.428. The van der Waals surface area contributed by atoms with E-state index in [1.165, 1.54) is 11.1 Å². The topological polar surface area (TPSA) is 79.1 Å². The van der Waals surface area contributed by atoms with Crippen molar-refractivity contribution in [3.8, 4) is 0 Å². The van der Waals surface area contributed by atoms with Crippen LogP contribution in [0.25, 0.3) is 0 Å². The number of carbonyl (C=O) groups is 2. The second-order valence-corrected chi connectivity index (χ2v) is 8.65. The Morgan fingerprint density at radius 1 is 0.938 bits per heavy atom. The molecule has 3 aliphatic heterocycles. The molecule has 3 amide bonds. The van der Waals surface area contributed by atoms with Crippen LogP contribution in [-0.2, 0) is 30.8 Å². The maximum Gasteiger partial charge on any atom is 0.315 e. The molecule has 2 aromatic carbocycles. The molecule has 3 heterocycles. The number of amides is 3. The van der Waals surface area contributed by atoms with Gasteiger partial charge in [-0.2, -0.15) is 0 Å². The molecule has 0 bridgehead atoms. The molecule has 0 radical (unpaired) electrons. The van der Waals surface area contributed by atoms with Crippen LogP contribution in [0, 0.1) is 0 Å². The molecule has 1 saturated heterocycles. The van der Waals surface area contributed by atoms with Gasteiger partial charge in [0.15, 0.2) is 0 Å². The minimum Gasteiger partial charge on any atom is -0.379 e. The summed E-state index contributed by atoms with van der Waals surface area (Å²) in [6.45, 7) is 5.75. The van der Waals surface area contributed by atoms with Gasteiger partial charge in [-0.15, -0.1) is 12.4 Å². The van der Waals surface area contributed by atoms with E-state index in [-0.39, 0.29) is 24.4 Å². The molecule has 3 aliphatic rings. The Hall–Kier alpha value is -2.61. The summed E-state index contributed by atoms with van der Waals surface area (Å²) in [6.07, 6.45) is 0.861. The molecule has 7 nitrogen and oxygen atoms in total. The highest BCUT2D eigenvalue weighted by Gasteiger charge is 2.32. The average molecular weight is 457 g/mol. The molecule has 2 aromatic rings. The van der Waals surface area contributed by atoms with Gasteiger partial charge in [-0.05, 0) is 40.8 Å². The van der Waals surface area contributed by atoms with Crippen LogP contribution in [0.2, 0.25) is 0 Å². The van der Waals surface area contributed by atoms with Crippen LogP contribution in [0.5, 0.6) is 0 Å². The zero-order valence-corrected chi connectivity index (χ0v) is 18.9. The summed E-state index contributed by atoms with van der Waals surface area (Å²) >= 11 is 0. The molecule has 5 rings (SSSR count). The van der Waals surface area contributed by atoms with Crippen molar-refractivity contribution in [3.63, 3.8) is 0 Å². The number of carbonyl (C=O) groups excluding carboxylic acids is 2. The lowest BCUT2D eigenvalue weighted by Crippen LogP contribution is -2.52. The lowest BCUT2D eigenvalue weighted by molar-refractivity contribution is 0.0193. The van der Waals surface area contributed by atoms with Crippen molar-refractivity contribution >= 4 is 24.3 Å². The number of halogens is 1. The fourth-order valence-electron chi connectivity index (χ4n) is 4.92. The first-order chi connectivity index (χ1) is 15.1. The Balaban J connectivity index is 0.00000245. The minimum absolute atomic E-state index is 0. The SMILES string of the molecule is Cl.NC(=O)N1Cc2ccc(C(=O)N3Cc4ccccc4C[C@H]3CN3CCOCC3)cc2C1. The molecule has 1 fully saturated rings. The van der Waals surface area contributed by atoms with Crippen LogP contribution >= 0.6 is 12.4 Å². The van der Waals surface area contributed by atoms with Crippen molar-refractivity contribution in [1.29, 1.82) is 0 Å². The number of fused-ring (bicyclic) bond motifs is 2. The van der Waals surface area contributed by atoms with Gasteiger partial charge in [0, 0.05) is 50.9 Å². The largest absolute Gasteiger partial charge is 0.379 e. The van der Waals surface area contributed by atoms with E-state index in [1.54, 1.807) is 4.90 Å². The molecular weight excluding hydrogens is 428 g/mol. The van der Waals surface area contributed by atoms with E-state index < -0.39 is 6.03 Å². The first-order valence-corrected chi connectivity index (χ1v) is 10.9. The van der Waals surface area contributed by atoms with Crippen LogP contribution in [-0.4, -0.2) is 65.5 Å². The lowest BCUT2D eigenvalue weighted by atomic mass is 9.92. The second-order valence-electron chi connectivity index (χ2n) is 8.65. The third-order valence-electron chi connectivity index (χ3n) is 6.68. The van der Waals surface area contributed by atoms with Crippen molar-refractivity contribution in [2.24, 2.45) is 5.73 Å². The predicted octanol–water partition coefficient (Wildman–Crippen LogP) is 2.40. The van der Waals surface area contributed by atoms with Gasteiger partial charge in [-0.3, -0.25) is 9.69 Å². The number of urea groups is 1. The predicted molar refractivity (Wildman–Crippen MR) is 124 cm³/mol. The van der Waals surface area contributed by atoms with Gasteiger partial charge in [-0.25, -0.2) is 4.79 Å². The number of morpholine rings is 1. The molecule has 0 unspecified atom stereocenters. The molecule has 0 aliphatic carbocycles. The van der Waals surface area contributed by atoms with Crippen molar-refractivity contribution < 1.29 is 14.3 Å². The van der Waals surface area contributed by atoms with E-state index in [1.807, 2.05) is 29.2 Å². The molecule has 32 heavy (non-hydrogen) atoms. The fraction of sp³-hybridized carbons (Fsp3) is 0.417. The summed E-state index contributed by atoms with van der Waals surface area (Å²) in [4.78, 5) is 31.2. The third kappa shape index (κ3) is 4.46. The highest BCUT2D eigenvalue weighted by Crippen LogP contribution is 2.28.